The van der Waals surface area contributed by atoms with Gasteiger partial charge in [-0.1, -0.05) is 24.3 Å². The maximum Gasteiger partial charge on any atom is 0.0500 e. The highest BCUT2D eigenvalue weighted by molar-refractivity contribution is 5.51. The van der Waals surface area contributed by atoms with Crippen LogP contribution in [-0.4, -0.2) is 4.98 Å². The highest BCUT2D eigenvalue weighted by Gasteiger charge is 2.05. The Bertz CT molecular complexity index is 451. The van der Waals surface area contributed by atoms with Crippen LogP contribution in [0.4, 0.5) is 5.69 Å². The van der Waals surface area contributed by atoms with Crippen LogP contribution in [0, 0.1) is 6.92 Å². The van der Waals surface area contributed by atoms with Crippen molar-refractivity contribution in [1.82, 2.24) is 4.98 Å². The molecule has 2 aromatic rings. The zero-order chi connectivity index (χ0) is 11.4. The maximum atomic E-state index is 4.13. The van der Waals surface area contributed by atoms with Gasteiger partial charge < -0.3 is 5.32 Å². The third-order valence-corrected chi connectivity index (χ3v) is 2.70. The molecule has 82 valence electrons. The number of nitrogens with one attached hydrogen (secondary N) is 1. The van der Waals surface area contributed by atoms with Crippen molar-refractivity contribution < 1.29 is 0 Å². The van der Waals surface area contributed by atoms with Crippen LogP contribution in [-0.2, 0) is 0 Å². The Labute approximate surface area is 96.4 Å². The molecule has 0 aliphatic rings. The predicted molar refractivity (Wildman–Crippen MR) is 67.5 cm³/mol. The summed E-state index contributed by atoms with van der Waals surface area (Å²) in [4.78, 5) is 4.13. The van der Waals surface area contributed by atoms with E-state index in [9.17, 15) is 0 Å². The number of pyridine rings is 1. The molecule has 0 spiro atoms. The largest absolute Gasteiger partial charge is 0.378 e. The highest BCUT2D eigenvalue weighted by atomic mass is 14.9. The van der Waals surface area contributed by atoms with Gasteiger partial charge in [-0.15, -0.1) is 0 Å². The minimum Gasteiger partial charge on any atom is -0.378 e. The van der Waals surface area contributed by atoms with Crippen molar-refractivity contribution >= 4 is 5.69 Å². The molecule has 0 aliphatic heterocycles. The molecule has 1 N–H and O–H groups in total. The van der Waals surface area contributed by atoms with E-state index in [1.165, 1.54) is 16.8 Å². The first kappa shape index (κ1) is 10.7. The molecule has 0 saturated carbocycles. The molecular formula is C14H16N2. The summed E-state index contributed by atoms with van der Waals surface area (Å²) in [5, 5.41) is 3.49. The Balaban J connectivity index is 2.14. The van der Waals surface area contributed by atoms with Gasteiger partial charge in [0.15, 0.2) is 0 Å². The molecule has 2 rings (SSSR count). The van der Waals surface area contributed by atoms with Crippen LogP contribution >= 0.6 is 0 Å². The molecule has 0 bridgehead atoms. The second-order valence-corrected chi connectivity index (χ2v) is 3.97. The topological polar surface area (TPSA) is 24.9 Å². The third-order valence-electron chi connectivity index (χ3n) is 2.70. The van der Waals surface area contributed by atoms with Crippen molar-refractivity contribution in [1.29, 1.82) is 0 Å². The zero-order valence-electron chi connectivity index (χ0n) is 9.64. The molecule has 2 heteroatoms. The number of para-hydroxylation sites is 1. The molecule has 0 fully saturated rings. The first-order valence-electron chi connectivity index (χ1n) is 5.49. The predicted octanol–water partition coefficient (Wildman–Crippen LogP) is 3.56. The SMILES string of the molecule is Cc1ccccc1N[C@@H](C)c1cccnc1. The third kappa shape index (κ3) is 2.40. The maximum absolute atomic E-state index is 4.13. The van der Waals surface area contributed by atoms with Crippen LogP contribution in [0.5, 0.6) is 0 Å². The van der Waals surface area contributed by atoms with Crippen molar-refractivity contribution in [3.63, 3.8) is 0 Å². The lowest BCUT2D eigenvalue weighted by molar-refractivity contribution is 0.874. The Morgan fingerprint density at radius 3 is 2.62 bits per heavy atom. The number of hydrogen-bond donors (Lipinski definition) is 1. The van der Waals surface area contributed by atoms with Crippen LogP contribution in [0.15, 0.2) is 48.8 Å². The lowest BCUT2D eigenvalue weighted by Gasteiger charge is -2.16. The van der Waals surface area contributed by atoms with Gasteiger partial charge in [-0.2, -0.15) is 0 Å². The van der Waals surface area contributed by atoms with Crippen molar-refractivity contribution in [2.75, 3.05) is 5.32 Å². The second-order valence-electron chi connectivity index (χ2n) is 3.97. The highest BCUT2D eigenvalue weighted by Crippen LogP contribution is 2.20. The van der Waals surface area contributed by atoms with Gasteiger partial charge in [0.1, 0.15) is 0 Å². The number of aryl methyl sites for hydroxylation is 1. The smallest absolute Gasteiger partial charge is 0.0500 e. The second kappa shape index (κ2) is 4.79. The van der Waals surface area contributed by atoms with Gasteiger partial charge in [-0.25, -0.2) is 0 Å². The fourth-order valence-corrected chi connectivity index (χ4v) is 1.68. The fourth-order valence-electron chi connectivity index (χ4n) is 1.68. The number of benzene rings is 1. The standard InChI is InChI=1S/C14H16N2/c1-11-6-3-4-8-14(11)16-12(2)13-7-5-9-15-10-13/h3-10,12,16H,1-2H3/t12-/m0/s1. The molecule has 2 nitrogen and oxygen atoms in total. The van der Waals surface area contributed by atoms with Crippen LogP contribution in [0.25, 0.3) is 0 Å². The van der Waals surface area contributed by atoms with Gasteiger partial charge >= 0.3 is 0 Å². The molecular weight excluding hydrogens is 196 g/mol. The quantitative estimate of drug-likeness (QED) is 0.841. The van der Waals surface area contributed by atoms with Crippen LogP contribution in [0.1, 0.15) is 24.1 Å². The fraction of sp³-hybridized carbons (Fsp3) is 0.214. The molecule has 1 aromatic carbocycles. The van der Waals surface area contributed by atoms with Crippen molar-refractivity contribution in [3.05, 3.63) is 59.9 Å². The molecule has 0 radical (unpaired) electrons. The van der Waals surface area contributed by atoms with E-state index in [1.807, 2.05) is 18.3 Å². The van der Waals surface area contributed by atoms with Gasteiger partial charge in [0.2, 0.25) is 0 Å². The molecule has 16 heavy (non-hydrogen) atoms. The van der Waals surface area contributed by atoms with E-state index >= 15 is 0 Å². The Hall–Kier alpha value is -1.83. The van der Waals surface area contributed by atoms with Gasteiger partial charge in [-0.05, 0) is 37.1 Å². The van der Waals surface area contributed by atoms with Crippen molar-refractivity contribution in [3.8, 4) is 0 Å². The summed E-state index contributed by atoms with van der Waals surface area (Å²) in [6.45, 7) is 4.25. The van der Waals surface area contributed by atoms with Gasteiger partial charge in [0.05, 0.1) is 6.04 Å². The first-order chi connectivity index (χ1) is 7.77. The number of hydrogen-bond acceptors (Lipinski definition) is 2. The number of anilines is 1. The Morgan fingerprint density at radius 2 is 1.94 bits per heavy atom. The summed E-state index contributed by atoms with van der Waals surface area (Å²) < 4.78 is 0. The van der Waals surface area contributed by atoms with E-state index in [4.69, 9.17) is 0 Å². The Morgan fingerprint density at radius 1 is 1.12 bits per heavy atom. The first-order valence-corrected chi connectivity index (χ1v) is 5.49. The molecule has 0 aliphatic carbocycles. The van der Waals surface area contributed by atoms with Crippen LogP contribution in [0.2, 0.25) is 0 Å². The molecule has 0 saturated heterocycles. The van der Waals surface area contributed by atoms with E-state index in [-0.39, 0.29) is 6.04 Å². The summed E-state index contributed by atoms with van der Waals surface area (Å²) in [6.07, 6.45) is 3.69. The minimum atomic E-state index is 0.273. The van der Waals surface area contributed by atoms with Gasteiger partial charge in [0.25, 0.3) is 0 Å². The molecule has 1 heterocycles. The van der Waals surface area contributed by atoms with Gasteiger partial charge in [0, 0.05) is 18.1 Å². The summed E-state index contributed by atoms with van der Waals surface area (Å²) in [5.41, 5.74) is 3.64. The summed E-state index contributed by atoms with van der Waals surface area (Å²) in [5.74, 6) is 0. The lowest BCUT2D eigenvalue weighted by atomic mass is 10.1. The van der Waals surface area contributed by atoms with Gasteiger partial charge in [-0.3, -0.25) is 4.98 Å². The van der Waals surface area contributed by atoms with Crippen molar-refractivity contribution in [2.45, 2.75) is 19.9 Å². The van der Waals surface area contributed by atoms with E-state index in [1.54, 1.807) is 6.20 Å². The molecule has 1 aromatic heterocycles. The molecule has 0 amide bonds. The normalized spacial score (nSPS) is 12.1. The number of nitrogens with zero attached hydrogens (tertiary/aromatic N) is 1. The van der Waals surface area contributed by atoms with E-state index in [0.29, 0.717) is 0 Å². The van der Waals surface area contributed by atoms with E-state index in [0.717, 1.165) is 0 Å². The lowest BCUT2D eigenvalue weighted by Crippen LogP contribution is -2.07. The van der Waals surface area contributed by atoms with E-state index in [2.05, 4.69) is 48.4 Å². The summed E-state index contributed by atoms with van der Waals surface area (Å²) in [7, 11) is 0. The van der Waals surface area contributed by atoms with Crippen LogP contribution in [0.3, 0.4) is 0 Å². The molecule has 0 unspecified atom stereocenters. The minimum absolute atomic E-state index is 0.273. The van der Waals surface area contributed by atoms with Crippen LogP contribution < -0.4 is 5.32 Å². The Kier molecular flexibility index (Phi) is 3.20. The average molecular weight is 212 g/mol. The average Bonchev–Trinajstić information content (AvgIpc) is 2.33. The monoisotopic (exact) mass is 212 g/mol. The summed E-state index contributed by atoms with van der Waals surface area (Å²) in [6, 6.07) is 12.6. The van der Waals surface area contributed by atoms with E-state index < -0.39 is 0 Å². The molecule has 1 atom stereocenters. The number of rotatable bonds is 3. The summed E-state index contributed by atoms with van der Waals surface area (Å²) >= 11 is 0. The van der Waals surface area contributed by atoms with Crippen molar-refractivity contribution in [2.24, 2.45) is 0 Å². The number of aromatic nitrogens is 1. The zero-order valence-corrected chi connectivity index (χ0v) is 9.64.